The van der Waals surface area contributed by atoms with Crippen LogP contribution >= 0.6 is 46.6 Å². The smallest absolute Gasteiger partial charge is 0.234 e. The molecule has 1 aromatic heterocycles. The zero-order chi connectivity index (χ0) is 21.3. The molecule has 0 spiro atoms. The third-order valence-electron chi connectivity index (χ3n) is 5.02. The third kappa shape index (κ3) is 4.78. The highest BCUT2D eigenvalue weighted by molar-refractivity contribution is 7.99. The minimum absolute atomic E-state index is 0.179. The van der Waals surface area contributed by atoms with Gasteiger partial charge in [-0.2, -0.15) is 0 Å². The van der Waals surface area contributed by atoms with Crippen molar-refractivity contribution in [1.29, 1.82) is 0 Å². The number of nitrogens with one attached hydrogen (secondary N) is 1. The molecular weight excluding hydrogens is 463 g/mol. The molecule has 4 rings (SSSR count). The second-order valence-corrected chi connectivity index (χ2v) is 9.27. The first-order valence-corrected chi connectivity index (χ1v) is 11.6. The molecule has 156 valence electrons. The Morgan fingerprint density at radius 2 is 1.83 bits per heavy atom. The van der Waals surface area contributed by atoms with Crippen LogP contribution in [0.1, 0.15) is 36.6 Å². The van der Waals surface area contributed by atoms with Crippen molar-refractivity contribution < 1.29 is 4.79 Å². The topological polar surface area (TPSA) is 59.8 Å². The van der Waals surface area contributed by atoms with Crippen LogP contribution < -0.4 is 5.32 Å². The summed E-state index contributed by atoms with van der Waals surface area (Å²) in [6.45, 7) is 2.80. The molecule has 0 saturated heterocycles. The van der Waals surface area contributed by atoms with Crippen molar-refractivity contribution >= 4 is 58.2 Å². The van der Waals surface area contributed by atoms with E-state index in [0.717, 1.165) is 29.0 Å². The Bertz CT molecular complexity index is 1070. The molecule has 0 bridgehead atoms. The van der Waals surface area contributed by atoms with E-state index in [2.05, 4.69) is 39.1 Å². The first kappa shape index (κ1) is 21.5. The Morgan fingerprint density at radius 3 is 2.57 bits per heavy atom. The van der Waals surface area contributed by atoms with Crippen LogP contribution in [-0.2, 0) is 11.3 Å². The number of amides is 1. The van der Waals surface area contributed by atoms with Crippen LogP contribution in [0.2, 0.25) is 15.1 Å². The molecule has 9 heteroatoms. The maximum atomic E-state index is 12.4. The Labute approximate surface area is 194 Å². The Hall–Kier alpha value is -1.73. The van der Waals surface area contributed by atoms with Crippen molar-refractivity contribution in [3.05, 3.63) is 68.9 Å². The van der Waals surface area contributed by atoms with Crippen molar-refractivity contribution in [3.63, 3.8) is 0 Å². The van der Waals surface area contributed by atoms with Gasteiger partial charge in [0.15, 0.2) is 5.16 Å². The normalized spacial score (nSPS) is 17.7. The van der Waals surface area contributed by atoms with Gasteiger partial charge in [-0.25, -0.2) is 0 Å². The van der Waals surface area contributed by atoms with Gasteiger partial charge in [0.25, 0.3) is 0 Å². The standard InChI is InChI=1S/C21H19Cl3N4OS/c1-2-28-20(16-10-15(16)12-3-5-13(22)6-4-12)26-27-21(28)30-11-19(29)25-18-9-14(23)7-8-17(18)24/h3-9,15-16H,2,10-11H2,1H3,(H,25,29). The number of carbonyl (C=O) groups excluding carboxylic acids is 1. The van der Waals surface area contributed by atoms with E-state index >= 15 is 0 Å². The number of nitrogens with zero attached hydrogens (tertiary/aromatic N) is 3. The molecule has 1 heterocycles. The van der Waals surface area contributed by atoms with Crippen molar-refractivity contribution in [3.8, 4) is 0 Å². The number of anilines is 1. The van der Waals surface area contributed by atoms with E-state index < -0.39 is 0 Å². The number of benzene rings is 2. The van der Waals surface area contributed by atoms with E-state index in [4.69, 9.17) is 34.8 Å². The van der Waals surface area contributed by atoms with Gasteiger partial charge in [0, 0.05) is 22.5 Å². The predicted molar refractivity (Wildman–Crippen MR) is 123 cm³/mol. The Kier molecular flexibility index (Phi) is 6.58. The van der Waals surface area contributed by atoms with Gasteiger partial charge in [-0.3, -0.25) is 4.79 Å². The second kappa shape index (κ2) is 9.18. The predicted octanol–water partition coefficient (Wildman–Crippen LogP) is 6.26. The van der Waals surface area contributed by atoms with Gasteiger partial charge < -0.3 is 9.88 Å². The van der Waals surface area contributed by atoms with Crippen LogP contribution in [0.15, 0.2) is 47.6 Å². The maximum absolute atomic E-state index is 12.4. The van der Waals surface area contributed by atoms with E-state index in [9.17, 15) is 4.79 Å². The fourth-order valence-corrected chi connectivity index (χ4v) is 4.72. The van der Waals surface area contributed by atoms with E-state index in [0.29, 0.717) is 27.6 Å². The van der Waals surface area contributed by atoms with Crippen molar-refractivity contribution in [2.45, 2.75) is 36.9 Å². The van der Waals surface area contributed by atoms with E-state index in [1.54, 1.807) is 18.2 Å². The maximum Gasteiger partial charge on any atom is 0.234 e. The second-order valence-electron chi connectivity index (χ2n) is 7.05. The summed E-state index contributed by atoms with van der Waals surface area (Å²) in [6, 6.07) is 12.9. The van der Waals surface area contributed by atoms with Gasteiger partial charge in [-0.1, -0.05) is 58.7 Å². The van der Waals surface area contributed by atoms with E-state index in [-0.39, 0.29) is 11.7 Å². The summed E-state index contributed by atoms with van der Waals surface area (Å²) in [4.78, 5) is 12.4. The molecule has 3 aromatic rings. The molecule has 1 aliphatic carbocycles. The number of thioether (sulfide) groups is 1. The molecule has 1 saturated carbocycles. The van der Waals surface area contributed by atoms with Crippen LogP contribution in [0.4, 0.5) is 5.69 Å². The molecule has 1 aliphatic rings. The molecule has 5 nitrogen and oxygen atoms in total. The lowest BCUT2D eigenvalue weighted by molar-refractivity contribution is -0.113. The first-order valence-electron chi connectivity index (χ1n) is 9.52. The lowest BCUT2D eigenvalue weighted by Crippen LogP contribution is -2.15. The molecule has 2 atom stereocenters. The molecular formula is C21H19Cl3N4OS. The Balaban J connectivity index is 1.40. The zero-order valence-corrected chi connectivity index (χ0v) is 19.2. The van der Waals surface area contributed by atoms with Crippen molar-refractivity contribution in [1.82, 2.24) is 14.8 Å². The lowest BCUT2D eigenvalue weighted by Gasteiger charge is -2.09. The molecule has 0 aliphatic heterocycles. The van der Waals surface area contributed by atoms with Gasteiger partial charge in [-0.15, -0.1) is 10.2 Å². The van der Waals surface area contributed by atoms with E-state index in [1.807, 2.05) is 12.1 Å². The largest absolute Gasteiger partial charge is 0.324 e. The van der Waals surface area contributed by atoms with Gasteiger partial charge in [-0.05, 0) is 55.2 Å². The molecule has 1 N–H and O–H groups in total. The number of rotatable bonds is 7. The minimum atomic E-state index is -0.179. The first-order chi connectivity index (χ1) is 14.5. The van der Waals surface area contributed by atoms with Gasteiger partial charge in [0.1, 0.15) is 5.82 Å². The van der Waals surface area contributed by atoms with Crippen LogP contribution in [0.5, 0.6) is 0 Å². The number of aromatic nitrogens is 3. The lowest BCUT2D eigenvalue weighted by atomic mass is 10.1. The number of halogens is 3. The van der Waals surface area contributed by atoms with Crippen LogP contribution in [0.25, 0.3) is 0 Å². The summed E-state index contributed by atoms with van der Waals surface area (Å²) in [5, 5.41) is 14.0. The highest BCUT2D eigenvalue weighted by atomic mass is 35.5. The SMILES string of the molecule is CCn1c(SCC(=O)Nc2cc(Cl)ccc2Cl)nnc1C1CC1c1ccc(Cl)cc1. The molecule has 1 amide bonds. The zero-order valence-electron chi connectivity index (χ0n) is 16.1. The van der Waals surface area contributed by atoms with E-state index in [1.165, 1.54) is 17.3 Å². The average molecular weight is 482 g/mol. The molecule has 1 fully saturated rings. The fraction of sp³-hybridized carbons (Fsp3) is 0.286. The summed E-state index contributed by atoms with van der Waals surface area (Å²) in [5.74, 6) is 1.77. The summed E-state index contributed by atoms with van der Waals surface area (Å²) < 4.78 is 2.09. The molecule has 0 radical (unpaired) electrons. The van der Waals surface area contributed by atoms with Gasteiger partial charge in [0.05, 0.1) is 16.5 Å². The van der Waals surface area contributed by atoms with Crippen LogP contribution in [0.3, 0.4) is 0 Å². The molecule has 30 heavy (non-hydrogen) atoms. The summed E-state index contributed by atoms with van der Waals surface area (Å²) in [6.07, 6.45) is 1.04. The highest BCUT2D eigenvalue weighted by Gasteiger charge is 2.43. The summed E-state index contributed by atoms with van der Waals surface area (Å²) in [7, 11) is 0. The minimum Gasteiger partial charge on any atom is -0.324 e. The third-order valence-corrected chi connectivity index (χ3v) is 6.80. The van der Waals surface area contributed by atoms with Gasteiger partial charge >= 0.3 is 0 Å². The summed E-state index contributed by atoms with van der Waals surface area (Å²) >= 11 is 19.4. The monoisotopic (exact) mass is 480 g/mol. The summed E-state index contributed by atoms with van der Waals surface area (Å²) in [5.41, 5.74) is 1.76. The van der Waals surface area contributed by atoms with Crippen LogP contribution in [0, 0.1) is 0 Å². The fourth-order valence-electron chi connectivity index (χ4n) is 3.45. The number of carbonyl (C=O) groups is 1. The molecule has 2 unspecified atom stereocenters. The average Bonchev–Trinajstić information content (AvgIpc) is 3.41. The van der Waals surface area contributed by atoms with Gasteiger partial charge in [0.2, 0.25) is 5.91 Å². The van der Waals surface area contributed by atoms with Crippen molar-refractivity contribution in [2.75, 3.05) is 11.1 Å². The van der Waals surface area contributed by atoms with Crippen molar-refractivity contribution in [2.24, 2.45) is 0 Å². The Morgan fingerprint density at radius 1 is 1.10 bits per heavy atom. The quantitative estimate of drug-likeness (QED) is 0.405. The van der Waals surface area contributed by atoms with Crippen LogP contribution in [-0.4, -0.2) is 26.4 Å². The highest BCUT2D eigenvalue weighted by Crippen LogP contribution is 2.54. The number of hydrogen-bond donors (Lipinski definition) is 1. The number of hydrogen-bond acceptors (Lipinski definition) is 4. The molecule has 2 aromatic carbocycles.